The van der Waals surface area contributed by atoms with E-state index in [0.29, 0.717) is 12.9 Å². The minimum Gasteiger partial charge on any atom is -0.465 e. The number of carbonyl (C=O) groups excluding carboxylic acids is 2. The van der Waals surface area contributed by atoms with Gasteiger partial charge in [-0.3, -0.25) is 9.59 Å². The van der Waals surface area contributed by atoms with Gasteiger partial charge in [-0.05, 0) is 32.2 Å². The van der Waals surface area contributed by atoms with Gasteiger partial charge in [-0.25, -0.2) is 8.42 Å². The van der Waals surface area contributed by atoms with E-state index in [9.17, 15) is 18.0 Å². The van der Waals surface area contributed by atoms with E-state index in [-0.39, 0.29) is 29.5 Å². The minimum atomic E-state index is -4.03. The molecule has 1 heterocycles. The molecule has 0 fully saturated rings. The lowest BCUT2D eigenvalue weighted by Crippen LogP contribution is -2.39. The molecule has 0 aromatic carbocycles. The monoisotopic (exact) mass is 393 g/mol. The maximum absolute atomic E-state index is 12.8. The van der Waals surface area contributed by atoms with Crippen LogP contribution in [-0.2, 0) is 29.0 Å². The molecule has 142 valence electrons. The van der Waals surface area contributed by atoms with Crippen molar-refractivity contribution in [1.29, 1.82) is 0 Å². The van der Waals surface area contributed by atoms with Gasteiger partial charge >= 0.3 is 5.97 Å². The molecule has 1 atom stereocenters. The number of thiophene rings is 1. The van der Waals surface area contributed by atoms with Gasteiger partial charge in [0.1, 0.15) is 10.8 Å². The number of esters is 1. The topological polar surface area (TPSA) is 99.2 Å². The Bertz CT molecular complexity index is 657. The van der Waals surface area contributed by atoms with Crippen LogP contribution in [0.25, 0.3) is 0 Å². The summed E-state index contributed by atoms with van der Waals surface area (Å²) in [6.07, 6.45) is -0.0241. The van der Waals surface area contributed by atoms with Gasteiger partial charge in [-0.1, -0.05) is 0 Å². The minimum absolute atomic E-state index is 0.0294. The fourth-order valence-electron chi connectivity index (χ4n) is 1.96. The van der Waals surface area contributed by atoms with Gasteiger partial charge in [0.25, 0.3) is 10.0 Å². The van der Waals surface area contributed by atoms with E-state index in [1.807, 2.05) is 6.92 Å². The largest absolute Gasteiger partial charge is 0.465 e. The van der Waals surface area contributed by atoms with E-state index in [1.54, 1.807) is 13.8 Å². The molecule has 0 aliphatic heterocycles. The molecule has 0 saturated heterocycles. The Morgan fingerprint density at radius 1 is 1.32 bits per heavy atom. The van der Waals surface area contributed by atoms with Crippen molar-refractivity contribution in [3.63, 3.8) is 0 Å². The molecule has 10 heteroatoms. The van der Waals surface area contributed by atoms with Gasteiger partial charge in [-0.2, -0.15) is 4.31 Å². The number of rotatable bonds is 12. The molecule has 0 radical (unpaired) electrons. The average molecular weight is 393 g/mol. The summed E-state index contributed by atoms with van der Waals surface area (Å²) in [7, 11) is -4.03. The van der Waals surface area contributed by atoms with Gasteiger partial charge in [-0.15, -0.1) is 11.3 Å². The second-order valence-corrected chi connectivity index (χ2v) is 7.87. The zero-order valence-corrected chi connectivity index (χ0v) is 16.1. The fourth-order valence-corrected chi connectivity index (χ4v) is 4.76. The number of hydrogen-bond donors (Lipinski definition) is 0. The summed E-state index contributed by atoms with van der Waals surface area (Å²) in [5.74, 6) is -0.673. The third kappa shape index (κ3) is 6.48. The molecular weight excluding hydrogens is 370 g/mol. The molecule has 0 aliphatic carbocycles. The van der Waals surface area contributed by atoms with Crippen molar-refractivity contribution in [2.75, 3.05) is 32.9 Å². The zero-order chi connectivity index (χ0) is 18.9. The van der Waals surface area contributed by atoms with Crippen LogP contribution in [-0.4, -0.2) is 64.2 Å². The van der Waals surface area contributed by atoms with Crippen LogP contribution in [0.3, 0.4) is 0 Å². The number of hydrogen-bond acceptors (Lipinski definition) is 8. The van der Waals surface area contributed by atoms with Crippen LogP contribution < -0.4 is 0 Å². The van der Waals surface area contributed by atoms with Crippen molar-refractivity contribution in [3.05, 3.63) is 17.0 Å². The summed E-state index contributed by atoms with van der Waals surface area (Å²) in [4.78, 5) is 22.8. The van der Waals surface area contributed by atoms with Crippen molar-refractivity contribution in [1.82, 2.24) is 4.31 Å². The SMILES string of the molecule is CCOC(=O)CN(CCOC(C)OCC)S(=O)(=O)c1sccc1C=O. The Balaban J connectivity index is 2.92. The number of sulfonamides is 1. The van der Waals surface area contributed by atoms with Crippen LogP contribution in [0.5, 0.6) is 0 Å². The molecule has 25 heavy (non-hydrogen) atoms. The molecular formula is C15H23NO7S2. The number of aldehydes is 1. The number of carbonyl (C=O) groups is 2. The molecule has 1 rings (SSSR count). The van der Waals surface area contributed by atoms with Gasteiger partial charge < -0.3 is 14.2 Å². The van der Waals surface area contributed by atoms with E-state index < -0.39 is 28.8 Å². The number of nitrogens with zero attached hydrogens (tertiary/aromatic N) is 1. The predicted octanol–water partition coefficient (Wildman–Crippen LogP) is 1.51. The second kappa shape index (κ2) is 10.6. The maximum atomic E-state index is 12.8. The third-order valence-electron chi connectivity index (χ3n) is 3.06. The normalized spacial score (nSPS) is 13.0. The predicted molar refractivity (Wildman–Crippen MR) is 92.1 cm³/mol. The summed E-state index contributed by atoms with van der Waals surface area (Å²) in [5, 5.41) is 1.51. The molecule has 1 aromatic heterocycles. The summed E-state index contributed by atoms with van der Waals surface area (Å²) >= 11 is 0.919. The van der Waals surface area contributed by atoms with Crippen LogP contribution in [0, 0.1) is 0 Å². The standard InChI is InChI=1S/C15H23NO7S2/c1-4-21-12(3)23-8-7-16(10-14(18)22-5-2)25(19,20)15-13(11-17)6-9-24-15/h6,9,11-12H,4-5,7-8,10H2,1-3H3. The van der Waals surface area contributed by atoms with Gasteiger partial charge in [0.15, 0.2) is 12.6 Å². The van der Waals surface area contributed by atoms with Crippen molar-refractivity contribution in [2.24, 2.45) is 0 Å². The lowest BCUT2D eigenvalue weighted by molar-refractivity contribution is -0.144. The molecule has 1 aromatic rings. The van der Waals surface area contributed by atoms with Crippen LogP contribution in [0.1, 0.15) is 31.1 Å². The first kappa shape index (κ1) is 21.7. The molecule has 0 bridgehead atoms. The quantitative estimate of drug-likeness (QED) is 0.301. The van der Waals surface area contributed by atoms with Crippen molar-refractivity contribution >= 4 is 33.6 Å². The zero-order valence-electron chi connectivity index (χ0n) is 14.5. The fraction of sp³-hybridized carbons (Fsp3) is 0.600. The highest BCUT2D eigenvalue weighted by Crippen LogP contribution is 2.25. The average Bonchev–Trinajstić information content (AvgIpc) is 3.04. The first-order valence-corrected chi connectivity index (χ1v) is 10.1. The third-order valence-corrected chi connectivity index (χ3v) is 6.40. The maximum Gasteiger partial charge on any atom is 0.321 e. The molecule has 8 nitrogen and oxygen atoms in total. The van der Waals surface area contributed by atoms with E-state index in [4.69, 9.17) is 14.2 Å². The van der Waals surface area contributed by atoms with E-state index >= 15 is 0 Å². The highest BCUT2D eigenvalue weighted by molar-refractivity contribution is 7.91. The Morgan fingerprint density at radius 3 is 2.64 bits per heavy atom. The number of ether oxygens (including phenoxy) is 3. The smallest absolute Gasteiger partial charge is 0.321 e. The lowest BCUT2D eigenvalue weighted by Gasteiger charge is -2.22. The van der Waals surface area contributed by atoms with Gasteiger partial charge in [0.05, 0.1) is 13.2 Å². The van der Waals surface area contributed by atoms with Crippen LogP contribution >= 0.6 is 11.3 Å². The molecule has 0 spiro atoms. The van der Waals surface area contributed by atoms with E-state index in [0.717, 1.165) is 15.6 Å². The highest BCUT2D eigenvalue weighted by Gasteiger charge is 2.30. The Labute approximate surface area is 151 Å². The van der Waals surface area contributed by atoms with Gasteiger partial charge in [0.2, 0.25) is 0 Å². The first-order valence-electron chi connectivity index (χ1n) is 7.78. The molecule has 1 unspecified atom stereocenters. The Kier molecular flexibility index (Phi) is 9.22. The Morgan fingerprint density at radius 2 is 2.04 bits per heavy atom. The molecule has 0 aliphatic rings. The van der Waals surface area contributed by atoms with E-state index in [2.05, 4.69) is 0 Å². The van der Waals surface area contributed by atoms with Crippen molar-refractivity contribution in [3.8, 4) is 0 Å². The van der Waals surface area contributed by atoms with Crippen LogP contribution in [0.4, 0.5) is 0 Å². The highest BCUT2D eigenvalue weighted by atomic mass is 32.2. The van der Waals surface area contributed by atoms with E-state index in [1.165, 1.54) is 11.4 Å². The summed E-state index contributed by atoms with van der Waals surface area (Å²) in [5.41, 5.74) is 0.0578. The van der Waals surface area contributed by atoms with Crippen molar-refractivity contribution < 1.29 is 32.2 Å². The second-order valence-electron chi connectivity index (χ2n) is 4.82. The summed E-state index contributed by atoms with van der Waals surface area (Å²) in [6.45, 7) is 5.24. The first-order chi connectivity index (χ1) is 11.9. The lowest BCUT2D eigenvalue weighted by atomic mass is 10.4. The Hall–Kier alpha value is -1.33. The van der Waals surface area contributed by atoms with Crippen LogP contribution in [0.15, 0.2) is 15.7 Å². The molecule has 0 N–H and O–H groups in total. The summed E-state index contributed by atoms with van der Waals surface area (Å²) in [6, 6.07) is 1.42. The summed E-state index contributed by atoms with van der Waals surface area (Å²) < 4.78 is 41.9. The van der Waals surface area contributed by atoms with Crippen molar-refractivity contribution in [2.45, 2.75) is 31.3 Å². The van der Waals surface area contributed by atoms with Gasteiger partial charge in [0, 0.05) is 18.7 Å². The van der Waals surface area contributed by atoms with Crippen LogP contribution in [0.2, 0.25) is 0 Å². The molecule has 0 saturated carbocycles. The molecule has 0 amide bonds.